The first-order valence-corrected chi connectivity index (χ1v) is 11.1. The van der Waals surface area contributed by atoms with Gasteiger partial charge in [0.2, 0.25) is 0 Å². The number of hydrogen-bond acceptors (Lipinski definition) is 3. The summed E-state index contributed by atoms with van der Waals surface area (Å²) in [5.41, 5.74) is 4.30. The molecule has 0 amide bonds. The minimum atomic E-state index is -0.426. The summed E-state index contributed by atoms with van der Waals surface area (Å²) in [7, 11) is -0.426. The van der Waals surface area contributed by atoms with Gasteiger partial charge in [0.25, 0.3) is 0 Å². The molecule has 0 saturated carbocycles. The Morgan fingerprint density at radius 3 is 2.12 bits per heavy atom. The van der Waals surface area contributed by atoms with Crippen LogP contribution in [0.1, 0.15) is 27.7 Å². The molecule has 2 heterocycles. The van der Waals surface area contributed by atoms with Crippen LogP contribution >= 0.6 is 0 Å². The molecule has 4 heteroatoms. The zero-order chi connectivity index (χ0) is 22.1. The van der Waals surface area contributed by atoms with Crippen molar-refractivity contribution in [1.82, 2.24) is 0 Å². The van der Waals surface area contributed by atoms with Crippen LogP contribution < -0.4 is 5.46 Å². The minimum absolute atomic E-state index is 0.391. The molecule has 0 radical (unpaired) electrons. The van der Waals surface area contributed by atoms with Crippen LogP contribution in [0, 0.1) is 0 Å². The predicted molar refractivity (Wildman–Crippen MR) is 132 cm³/mol. The summed E-state index contributed by atoms with van der Waals surface area (Å²) in [6.45, 7) is 8.35. The van der Waals surface area contributed by atoms with Gasteiger partial charge >= 0.3 is 7.12 Å². The molecule has 32 heavy (non-hydrogen) atoms. The second kappa shape index (κ2) is 6.71. The van der Waals surface area contributed by atoms with E-state index in [9.17, 15) is 0 Å². The van der Waals surface area contributed by atoms with Gasteiger partial charge in [0.05, 0.1) is 11.2 Å². The molecule has 5 aromatic rings. The quantitative estimate of drug-likeness (QED) is 0.298. The average Bonchev–Trinajstić information content (AvgIpc) is 3.27. The number of rotatable bonds is 2. The summed E-state index contributed by atoms with van der Waals surface area (Å²) in [6, 6.07) is 27.3. The van der Waals surface area contributed by atoms with Gasteiger partial charge < -0.3 is 13.7 Å². The molecule has 0 atom stereocenters. The van der Waals surface area contributed by atoms with Crippen LogP contribution in [0.4, 0.5) is 0 Å². The molecule has 4 aromatic carbocycles. The summed E-state index contributed by atoms with van der Waals surface area (Å²) in [5.74, 6) is 0. The average molecular weight is 420 g/mol. The van der Waals surface area contributed by atoms with E-state index >= 15 is 0 Å². The Bertz CT molecular complexity index is 1480. The molecule has 0 spiro atoms. The van der Waals surface area contributed by atoms with Gasteiger partial charge in [-0.2, -0.15) is 0 Å². The lowest BCUT2D eigenvalue weighted by atomic mass is 9.74. The van der Waals surface area contributed by atoms with Gasteiger partial charge in [0.1, 0.15) is 11.2 Å². The second-order valence-electron chi connectivity index (χ2n) is 9.62. The van der Waals surface area contributed by atoms with Gasteiger partial charge in [-0.05, 0) is 61.8 Å². The monoisotopic (exact) mass is 420 g/mol. The number of hydrogen-bond donors (Lipinski definition) is 0. The predicted octanol–water partition coefficient (Wildman–Crippen LogP) is 6.71. The first-order chi connectivity index (χ1) is 15.4. The van der Waals surface area contributed by atoms with E-state index in [2.05, 4.69) is 94.4 Å². The molecule has 1 saturated heterocycles. The van der Waals surface area contributed by atoms with Crippen molar-refractivity contribution in [2.24, 2.45) is 0 Å². The molecule has 1 aliphatic rings. The minimum Gasteiger partial charge on any atom is -0.455 e. The Kier molecular flexibility index (Phi) is 4.11. The van der Waals surface area contributed by atoms with E-state index in [1.54, 1.807) is 0 Å². The lowest BCUT2D eigenvalue weighted by Gasteiger charge is -2.32. The maximum atomic E-state index is 6.41. The van der Waals surface area contributed by atoms with Crippen molar-refractivity contribution < 1.29 is 13.7 Å². The molecule has 0 N–H and O–H groups in total. The summed E-state index contributed by atoms with van der Waals surface area (Å²) in [6.07, 6.45) is 0. The van der Waals surface area contributed by atoms with E-state index in [-0.39, 0.29) is 0 Å². The molecule has 0 aliphatic carbocycles. The number of benzene rings is 4. The molecular weight excluding hydrogens is 395 g/mol. The third-order valence-electron chi connectivity index (χ3n) is 7.15. The largest absolute Gasteiger partial charge is 0.495 e. The van der Waals surface area contributed by atoms with Crippen LogP contribution in [-0.4, -0.2) is 18.3 Å². The van der Waals surface area contributed by atoms with Crippen molar-refractivity contribution in [1.29, 1.82) is 0 Å². The molecule has 1 aliphatic heterocycles. The summed E-state index contributed by atoms with van der Waals surface area (Å²) >= 11 is 0. The first-order valence-electron chi connectivity index (χ1n) is 11.1. The first kappa shape index (κ1) is 19.6. The zero-order valence-electron chi connectivity index (χ0n) is 18.8. The van der Waals surface area contributed by atoms with Gasteiger partial charge in [-0.3, -0.25) is 0 Å². The van der Waals surface area contributed by atoms with E-state index in [4.69, 9.17) is 13.7 Å². The van der Waals surface area contributed by atoms with Crippen molar-refractivity contribution in [2.75, 3.05) is 0 Å². The fraction of sp³-hybridized carbons (Fsp3) is 0.214. The van der Waals surface area contributed by atoms with Gasteiger partial charge in [0.15, 0.2) is 0 Å². The van der Waals surface area contributed by atoms with E-state index in [0.717, 1.165) is 43.9 Å². The standard InChI is InChI=1S/C28H25BO3/c1-27(2)28(3,4)32-29(31-27)23-14-8-7-12-20(23)21-13-9-15-24-25(21)22-17-16-18-10-5-6-11-19(18)26(22)30-24/h5-17H,1-4H3. The summed E-state index contributed by atoms with van der Waals surface area (Å²) in [5, 5.41) is 4.56. The van der Waals surface area contributed by atoms with Crippen LogP contribution in [0.15, 0.2) is 83.3 Å². The van der Waals surface area contributed by atoms with Gasteiger partial charge in [-0.1, -0.05) is 66.7 Å². The van der Waals surface area contributed by atoms with E-state index in [1.165, 1.54) is 5.39 Å². The SMILES string of the molecule is CC1(C)OB(c2ccccc2-c2cccc3oc4c5ccccc5ccc4c23)OC1(C)C. The van der Waals surface area contributed by atoms with Crippen LogP contribution in [0.3, 0.4) is 0 Å². The molecule has 158 valence electrons. The Hall–Kier alpha value is -3.08. The zero-order valence-corrected chi connectivity index (χ0v) is 18.8. The molecule has 0 bridgehead atoms. The summed E-state index contributed by atoms with van der Waals surface area (Å²) in [4.78, 5) is 0. The lowest BCUT2D eigenvalue weighted by Crippen LogP contribution is -2.41. The molecular formula is C28H25BO3. The van der Waals surface area contributed by atoms with Gasteiger partial charge in [-0.15, -0.1) is 0 Å². The fourth-order valence-electron chi connectivity index (χ4n) is 4.70. The topological polar surface area (TPSA) is 31.6 Å². The third-order valence-corrected chi connectivity index (χ3v) is 7.15. The molecule has 1 aromatic heterocycles. The molecule has 3 nitrogen and oxygen atoms in total. The van der Waals surface area contributed by atoms with Crippen molar-refractivity contribution in [3.63, 3.8) is 0 Å². The maximum Gasteiger partial charge on any atom is 0.495 e. The van der Waals surface area contributed by atoms with Crippen LogP contribution in [-0.2, 0) is 9.31 Å². The summed E-state index contributed by atoms with van der Waals surface area (Å²) < 4.78 is 19.2. The Labute approximate surface area is 188 Å². The number of fused-ring (bicyclic) bond motifs is 5. The fourth-order valence-corrected chi connectivity index (χ4v) is 4.70. The molecule has 1 fully saturated rings. The normalized spacial score (nSPS) is 17.6. The van der Waals surface area contributed by atoms with E-state index in [0.29, 0.717) is 0 Å². The highest BCUT2D eigenvalue weighted by atomic mass is 16.7. The Balaban J connectivity index is 1.60. The molecule has 0 unspecified atom stereocenters. The Morgan fingerprint density at radius 1 is 0.625 bits per heavy atom. The van der Waals surface area contributed by atoms with E-state index in [1.807, 2.05) is 12.1 Å². The van der Waals surface area contributed by atoms with E-state index < -0.39 is 18.3 Å². The van der Waals surface area contributed by atoms with Crippen molar-refractivity contribution in [2.45, 2.75) is 38.9 Å². The van der Waals surface area contributed by atoms with Gasteiger partial charge in [-0.25, -0.2) is 0 Å². The lowest BCUT2D eigenvalue weighted by molar-refractivity contribution is 0.00578. The maximum absolute atomic E-state index is 6.41. The second-order valence-corrected chi connectivity index (χ2v) is 9.62. The smallest absolute Gasteiger partial charge is 0.455 e. The van der Waals surface area contributed by atoms with Crippen LogP contribution in [0.5, 0.6) is 0 Å². The van der Waals surface area contributed by atoms with Crippen molar-refractivity contribution in [3.8, 4) is 11.1 Å². The highest BCUT2D eigenvalue weighted by Crippen LogP contribution is 2.41. The number of furan rings is 1. The third kappa shape index (κ3) is 2.76. The highest BCUT2D eigenvalue weighted by molar-refractivity contribution is 6.64. The molecule has 6 rings (SSSR count). The Morgan fingerprint density at radius 2 is 1.31 bits per heavy atom. The highest BCUT2D eigenvalue weighted by Gasteiger charge is 2.52. The van der Waals surface area contributed by atoms with Crippen LogP contribution in [0.2, 0.25) is 0 Å². The van der Waals surface area contributed by atoms with Crippen molar-refractivity contribution >= 4 is 45.3 Å². The van der Waals surface area contributed by atoms with Crippen LogP contribution in [0.25, 0.3) is 43.8 Å². The van der Waals surface area contributed by atoms with Crippen molar-refractivity contribution in [3.05, 3.63) is 78.9 Å². The van der Waals surface area contributed by atoms with Gasteiger partial charge in [0, 0.05) is 16.2 Å².